The molecule has 0 aliphatic rings. The summed E-state index contributed by atoms with van der Waals surface area (Å²) < 4.78 is 0. The summed E-state index contributed by atoms with van der Waals surface area (Å²) in [5, 5.41) is 24.0. The van der Waals surface area contributed by atoms with Crippen molar-refractivity contribution in [3.8, 4) is 11.5 Å². The molecule has 0 spiro atoms. The van der Waals surface area contributed by atoms with Crippen molar-refractivity contribution >= 4 is 34.6 Å². The minimum absolute atomic E-state index is 0.202. The van der Waals surface area contributed by atoms with Crippen LogP contribution >= 0.6 is 0 Å². The molecule has 0 unspecified atom stereocenters. The topological polar surface area (TPSA) is 151 Å². The number of phenolic OH excluding ortho intramolecular Hbond substituents is 2. The van der Waals surface area contributed by atoms with Crippen molar-refractivity contribution in [1.29, 1.82) is 0 Å². The molecule has 0 heterocycles. The number of hydrogen-bond acceptors (Lipinski definition) is 6. The molecule has 8 nitrogen and oxygen atoms in total. The van der Waals surface area contributed by atoms with Crippen LogP contribution < -0.4 is 22.1 Å². The Labute approximate surface area is 103 Å². The SMILES string of the molecule is CC(=O)Nc1c(N)c(O)c(NC(C)=O)c(N)c1O. The molecular weight excluding hydrogens is 240 g/mol. The van der Waals surface area contributed by atoms with E-state index in [0.29, 0.717) is 0 Å². The molecule has 0 atom stereocenters. The molecule has 0 bridgehead atoms. The number of carbonyl (C=O) groups excluding carboxylic acids is 2. The molecular formula is C10H14N4O4. The van der Waals surface area contributed by atoms with Crippen LogP contribution in [0.1, 0.15) is 13.8 Å². The first kappa shape index (κ1) is 13.4. The van der Waals surface area contributed by atoms with Gasteiger partial charge in [-0.3, -0.25) is 9.59 Å². The van der Waals surface area contributed by atoms with Crippen LogP contribution in [-0.2, 0) is 9.59 Å². The number of carbonyl (C=O) groups is 2. The van der Waals surface area contributed by atoms with E-state index in [4.69, 9.17) is 11.5 Å². The molecule has 0 radical (unpaired) electrons. The number of nitrogens with one attached hydrogen (secondary N) is 2. The largest absolute Gasteiger partial charge is 0.504 e. The second kappa shape index (κ2) is 4.70. The maximum atomic E-state index is 10.9. The van der Waals surface area contributed by atoms with Gasteiger partial charge in [-0.05, 0) is 0 Å². The van der Waals surface area contributed by atoms with Crippen molar-refractivity contribution in [2.75, 3.05) is 22.1 Å². The fraction of sp³-hybridized carbons (Fsp3) is 0.200. The van der Waals surface area contributed by atoms with Crippen molar-refractivity contribution in [3.05, 3.63) is 0 Å². The maximum Gasteiger partial charge on any atom is 0.221 e. The van der Waals surface area contributed by atoms with Gasteiger partial charge in [0.05, 0.1) is 0 Å². The Morgan fingerprint density at radius 1 is 0.889 bits per heavy atom. The van der Waals surface area contributed by atoms with Gasteiger partial charge >= 0.3 is 0 Å². The Morgan fingerprint density at radius 2 is 1.17 bits per heavy atom. The molecule has 0 aliphatic carbocycles. The van der Waals surface area contributed by atoms with Gasteiger partial charge in [0.2, 0.25) is 11.8 Å². The quantitative estimate of drug-likeness (QED) is 0.251. The Balaban J connectivity index is 3.44. The number of nitrogen functional groups attached to an aromatic ring is 2. The molecule has 1 rings (SSSR count). The maximum absolute atomic E-state index is 10.9. The van der Waals surface area contributed by atoms with Crippen LogP contribution in [0.3, 0.4) is 0 Å². The summed E-state index contributed by atoms with van der Waals surface area (Å²) >= 11 is 0. The van der Waals surface area contributed by atoms with E-state index in [1.165, 1.54) is 13.8 Å². The van der Waals surface area contributed by atoms with E-state index in [9.17, 15) is 19.8 Å². The highest BCUT2D eigenvalue weighted by Gasteiger charge is 2.21. The van der Waals surface area contributed by atoms with E-state index in [1.54, 1.807) is 0 Å². The molecule has 0 aromatic heterocycles. The highest BCUT2D eigenvalue weighted by molar-refractivity contribution is 6.05. The number of rotatable bonds is 2. The summed E-state index contributed by atoms with van der Waals surface area (Å²) in [4.78, 5) is 21.9. The third-order valence-electron chi connectivity index (χ3n) is 2.12. The van der Waals surface area contributed by atoms with E-state index in [1.807, 2.05) is 0 Å². The summed E-state index contributed by atoms with van der Waals surface area (Å²) in [5.41, 5.74) is 10.1. The second-order valence-corrected chi connectivity index (χ2v) is 3.64. The molecule has 0 saturated carbocycles. The third kappa shape index (κ3) is 2.37. The van der Waals surface area contributed by atoms with Gasteiger partial charge in [0, 0.05) is 13.8 Å². The monoisotopic (exact) mass is 254 g/mol. The average molecular weight is 254 g/mol. The molecule has 0 fully saturated rings. The zero-order chi connectivity index (χ0) is 14.0. The minimum Gasteiger partial charge on any atom is -0.504 e. The lowest BCUT2D eigenvalue weighted by Crippen LogP contribution is -2.13. The molecule has 1 aromatic rings. The number of anilines is 4. The lowest BCUT2D eigenvalue weighted by atomic mass is 10.1. The van der Waals surface area contributed by atoms with Crippen LogP contribution in [0.4, 0.5) is 22.7 Å². The number of hydrogen-bond donors (Lipinski definition) is 6. The summed E-state index contributed by atoms with van der Waals surface area (Å²) in [6.07, 6.45) is 0. The zero-order valence-corrected chi connectivity index (χ0v) is 9.87. The highest BCUT2D eigenvalue weighted by atomic mass is 16.3. The van der Waals surface area contributed by atoms with E-state index >= 15 is 0 Å². The van der Waals surface area contributed by atoms with Crippen LogP contribution in [0, 0.1) is 0 Å². The van der Waals surface area contributed by atoms with Crippen molar-refractivity contribution < 1.29 is 19.8 Å². The van der Waals surface area contributed by atoms with E-state index in [0.717, 1.165) is 0 Å². The number of benzene rings is 1. The summed E-state index contributed by atoms with van der Waals surface area (Å²) in [7, 11) is 0. The van der Waals surface area contributed by atoms with Gasteiger partial charge < -0.3 is 32.3 Å². The van der Waals surface area contributed by atoms with Crippen LogP contribution in [0.2, 0.25) is 0 Å². The minimum atomic E-state index is -0.524. The van der Waals surface area contributed by atoms with Crippen LogP contribution in [0.5, 0.6) is 11.5 Å². The molecule has 98 valence electrons. The van der Waals surface area contributed by atoms with E-state index < -0.39 is 23.3 Å². The zero-order valence-electron chi connectivity index (χ0n) is 9.87. The van der Waals surface area contributed by atoms with Crippen LogP contribution in [0.15, 0.2) is 0 Å². The first-order valence-corrected chi connectivity index (χ1v) is 4.93. The number of amides is 2. The Bertz CT molecular complexity index is 451. The molecule has 2 amide bonds. The second-order valence-electron chi connectivity index (χ2n) is 3.64. The lowest BCUT2D eigenvalue weighted by molar-refractivity contribution is -0.115. The van der Waals surface area contributed by atoms with Crippen molar-refractivity contribution in [2.24, 2.45) is 0 Å². The van der Waals surface area contributed by atoms with Gasteiger partial charge in [0.1, 0.15) is 22.7 Å². The van der Waals surface area contributed by atoms with Gasteiger partial charge in [0.25, 0.3) is 0 Å². The summed E-state index contributed by atoms with van der Waals surface area (Å²) in [6.45, 7) is 2.40. The number of aromatic hydroxyl groups is 2. The number of phenols is 2. The normalized spacial score (nSPS) is 9.89. The Hall–Kier alpha value is -2.64. The smallest absolute Gasteiger partial charge is 0.221 e. The Morgan fingerprint density at radius 3 is 1.39 bits per heavy atom. The standard InChI is InChI=1S/C10H14N4O4/c1-3(15)13-7-5(11)10(18)8(14-4(2)16)6(12)9(7)17/h17-18H,11-12H2,1-2H3,(H,13,15)(H,14,16). The van der Waals surface area contributed by atoms with Gasteiger partial charge in [-0.1, -0.05) is 0 Å². The molecule has 0 saturated heterocycles. The van der Waals surface area contributed by atoms with Crippen LogP contribution in [0.25, 0.3) is 0 Å². The highest BCUT2D eigenvalue weighted by Crippen LogP contribution is 2.48. The Kier molecular flexibility index (Phi) is 3.50. The number of nitrogens with two attached hydrogens (primary N) is 2. The fourth-order valence-corrected chi connectivity index (χ4v) is 1.37. The van der Waals surface area contributed by atoms with E-state index in [-0.39, 0.29) is 22.7 Å². The fourth-order valence-electron chi connectivity index (χ4n) is 1.37. The average Bonchev–Trinajstić information content (AvgIpc) is 2.27. The van der Waals surface area contributed by atoms with E-state index in [2.05, 4.69) is 10.6 Å². The van der Waals surface area contributed by atoms with Gasteiger partial charge in [-0.15, -0.1) is 0 Å². The predicted molar refractivity (Wildman–Crippen MR) is 67.2 cm³/mol. The van der Waals surface area contributed by atoms with Crippen molar-refractivity contribution in [3.63, 3.8) is 0 Å². The predicted octanol–water partition coefficient (Wildman–Crippen LogP) is 0.179. The first-order chi connectivity index (χ1) is 8.25. The molecule has 8 N–H and O–H groups in total. The first-order valence-electron chi connectivity index (χ1n) is 4.93. The molecule has 8 heteroatoms. The third-order valence-corrected chi connectivity index (χ3v) is 2.12. The summed E-state index contributed by atoms with van der Waals surface area (Å²) in [5.74, 6) is -2.04. The van der Waals surface area contributed by atoms with Gasteiger partial charge in [0.15, 0.2) is 11.5 Å². The lowest BCUT2D eigenvalue weighted by Gasteiger charge is -2.17. The molecule has 0 aliphatic heterocycles. The van der Waals surface area contributed by atoms with Gasteiger partial charge in [-0.2, -0.15) is 0 Å². The molecule has 18 heavy (non-hydrogen) atoms. The van der Waals surface area contributed by atoms with Crippen LogP contribution in [-0.4, -0.2) is 22.0 Å². The van der Waals surface area contributed by atoms with Crippen molar-refractivity contribution in [2.45, 2.75) is 13.8 Å². The summed E-state index contributed by atoms with van der Waals surface area (Å²) in [6, 6.07) is 0. The molecule has 1 aromatic carbocycles. The van der Waals surface area contributed by atoms with Gasteiger partial charge in [-0.25, -0.2) is 0 Å². The van der Waals surface area contributed by atoms with Crippen molar-refractivity contribution in [1.82, 2.24) is 0 Å².